The number of aromatic hydroxyl groups is 2. The molecule has 2 fully saturated rings. The van der Waals surface area contributed by atoms with Gasteiger partial charge in [-0.15, -0.1) is 0 Å². The van der Waals surface area contributed by atoms with Crippen LogP contribution in [0.2, 0.25) is 0 Å². The molecular weight excluding hydrogens is 332 g/mol. The maximum absolute atomic E-state index is 10.5. The van der Waals surface area contributed by atoms with Crippen molar-refractivity contribution in [3.63, 3.8) is 0 Å². The van der Waals surface area contributed by atoms with Crippen LogP contribution in [0.25, 0.3) is 0 Å². The second-order valence-electron chi connectivity index (χ2n) is 8.29. The van der Waals surface area contributed by atoms with E-state index in [1.54, 1.807) is 12.1 Å². The van der Waals surface area contributed by atoms with Gasteiger partial charge < -0.3 is 29.5 Å². The Hall–Kier alpha value is -1.34. The Labute approximate surface area is 156 Å². The maximum Gasteiger partial charge on any atom is 0.125 e. The van der Waals surface area contributed by atoms with Gasteiger partial charge >= 0.3 is 0 Å². The van der Waals surface area contributed by atoms with E-state index in [2.05, 4.69) is 27.7 Å². The summed E-state index contributed by atoms with van der Waals surface area (Å²) in [5, 5.41) is 21.0. The van der Waals surface area contributed by atoms with Gasteiger partial charge in [-0.3, -0.25) is 0 Å². The van der Waals surface area contributed by atoms with Crippen LogP contribution in [0.15, 0.2) is 12.1 Å². The Morgan fingerprint density at radius 1 is 0.731 bits per heavy atom. The zero-order valence-corrected chi connectivity index (χ0v) is 16.4. The van der Waals surface area contributed by atoms with Gasteiger partial charge in [-0.25, -0.2) is 0 Å². The molecule has 6 nitrogen and oxygen atoms in total. The summed E-state index contributed by atoms with van der Waals surface area (Å²) in [5.41, 5.74) is 1.61. The summed E-state index contributed by atoms with van der Waals surface area (Å²) in [6.07, 6.45) is 0.880. The molecule has 0 bridgehead atoms. The molecule has 2 heterocycles. The third-order valence-corrected chi connectivity index (χ3v) is 5.39. The highest BCUT2D eigenvalue weighted by atomic mass is 16.5. The van der Waals surface area contributed by atoms with Crippen LogP contribution in [-0.4, -0.2) is 60.8 Å². The fraction of sp³-hybridized carbons (Fsp3) is 0.700. The molecule has 0 amide bonds. The molecule has 0 aliphatic carbocycles. The van der Waals surface area contributed by atoms with Gasteiger partial charge in [0.2, 0.25) is 0 Å². The first-order chi connectivity index (χ1) is 12.3. The van der Waals surface area contributed by atoms with E-state index in [4.69, 9.17) is 9.47 Å². The summed E-state index contributed by atoms with van der Waals surface area (Å²) in [4.78, 5) is 2.75. The Morgan fingerprint density at radius 2 is 1.04 bits per heavy atom. The van der Waals surface area contributed by atoms with Gasteiger partial charge in [0.1, 0.15) is 75.2 Å². The molecule has 1 aromatic rings. The fourth-order valence-electron chi connectivity index (χ4n) is 4.55. The molecule has 5 atom stereocenters. The van der Waals surface area contributed by atoms with E-state index in [-0.39, 0.29) is 35.9 Å². The van der Waals surface area contributed by atoms with Gasteiger partial charge in [0.25, 0.3) is 0 Å². The van der Waals surface area contributed by atoms with Crippen LogP contribution in [0.5, 0.6) is 11.5 Å². The lowest BCUT2D eigenvalue weighted by Crippen LogP contribution is -3.14. The molecule has 6 heteroatoms. The van der Waals surface area contributed by atoms with Gasteiger partial charge in [-0.1, -0.05) is 0 Å². The maximum atomic E-state index is 10.5. The summed E-state index contributed by atoms with van der Waals surface area (Å²) in [7, 11) is 0. The van der Waals surface area contributed by atoms with E-state index in [1.807, 2.05) is 0 Å². The minimum Gasteiger partial charge on any atom is -0.507 e. The number of morpholine rings is 2. The largest absolute Gasteiger partial charge is 0.507 e. The molecule has 2 aliphatic rings. The highest BCUT2D eigenvalue weighted by molar-refractivity contribution is 5.44. The van der Waals surface area contributed by atoms with Crippen LogP contribution in [0.3, 0.4) is 0 Å². The summed E-state index contributed by atoms with van der Waals surface area (Å²) in [5.74, 6) is 0.566. The van der Waals surface area contributed by atoms with Crippen molar-refractivity contribution in [2.45, 2.75) is 65.2 Å². The van der Waals surface area contributed by atoms with Crippen molar-refractivity contribution in [1.82, 2.24) is 0 Å². The van der Waals surface area contributed by atoms with Crippen LogP contribution in [-0.2, 0) is 22.6 Å². The summed E-state index contributed by atoms with van der Waals surface area (Å²) in [6, 6.07) is 3.49. The van der Waals surface area contributed by atoms with E-state index in [1.165, 1.54) is 9.80 Å². The molecule has 0 radical (unpaired) electrons. The van der Waals surface area contributed by atoms with E-state index < -0.39 is 0 Å². The van der Waals surface area contributed by atoms with E-state index in [0.717, 1.165) is 37.3 Å². The first-order valence-electron chi connectivity index (χ1n) is 9.82. The third kappa shape index (κ3) is 4.88. The molecule has 2 saturated heterocycles. The van der Waals surface area contributed by atoms with Crippen molar-refractivity contribution < 1.29 is 29.5 Å². The van der Waals surface area contributed by atoms with Crippen molar-refractivity contribution >= 4 is 0 Å². The van der Waals surface area contributed by atoms with Gasteiger partial charge in [0.05, 0.1) is 11.1 Å². The average molecular weight is 367 g/mol. The third-order valence-electron chi connectivity index (χ3n) is 5.39. The van der Waals surface area contributed by atoms with E-state index in [9.17, 15) is 10.2 Å². The van der Waals surface area contributed by atoms with E-state index >= 15 is 0 Å². The second kappa shape index (κ2) is 8.13. The number of nitrogens with one attached hydrogen (secondary N) is 2. The van der Waals surface area contributed by atoms with Crippen molar-refractivity contribution in [3.05, 3.63) is 23.3 Å². The number of benzene rings is 1. The number of quaternary nitrogens is 2. The number of hydrogen-bond acceptors (Lipinski definition) is 4. The van der Waals surface area contributed by atoms with Gasteiger partial charge in [0, 0.05) is 0 Å². The van der Waals surface area contributed by atoms with Crippen molar-refractivity contribution in [2.75, 3.05) is 26.2 Å². The Morgan fingerprint density at radius 3 is 1.35 bits per heavy atom. The minimum atomic E-state index is 0.220. The zero-order valence-electron chi connectivity index (χ0n) is 16.4. The lowest BCUT2D eigenvalue weighted by molar-refractivity contribution is -0.928. The smallest absolute Gasteiger partial charge is 0.125 e. The fourth-order valence-corrected chi connectivity index (χ4v) is 4.55. The highest BCUT2D eigenvalue weighted by Crippen LogP contribution is 2.26. The first-order valence-corrected chi connectivity index (χ1v) is 9.82. The number of phenolic OH excluding ortho intramolecular Hbond substituents is 2. The van der Waals surface area contributed by atoms with Crippen LogP contribution in [0.1, 0.15) is 38.8 Å². The molecule has 1 aromatic carbocycles. The quantitative estimate of drug-likeness (QED) is 0.542. The molecule has 146 valence electrons. The van der Waals surface area contributed by atoms with Crippen molar-refractivity contribution in [2.24, 2.45) is 0 Å². The first kappa shape index (κ1) is 19.4. The second-order valence-corrected chi connectivity index (χ2v) is 8.29. The standard InChI is InChI=1S/C20H32N2O4/c1-13-7-21(8-14(2)25-13)11-17-5-20(24)18(6-19(17)23)12-22-9-15(3)26-16(4)10-22/h5-6,13-16,23-24H,7-12H2,1-4H3/p+2/t13-,14-,15-,16+/m1/s1. The molecule has 0 aromatic heterocycles. The molecule has 1 unspecified atom stereocenters. The predicted molar refractivity (Wildman–Crippen MR) is 98.6 cm³/mol. The molecule has 0 saturated carbocycles. The minimum absolute atomic E-state index is 0.220. The Kier molecular flexibility index (Phi) is 6.07. The number of phenols is 2. The Balaban J connectivity index is 1.68. The van der Waals surface area contributed by atoms with Gasteiger partial charge in [-0.2, -0.15) is 0 Å². The predicted octanol–water partition coefficient (Wildman–Crippen LogP) is -0.518. The van der Waals surface area contributed by atoms with Gasteiger partial charge in [-0.05, 0) is 39.8 Å². The number of ether oxygens (including phenoxy) is 2. The molecular formula is C20H34N2O4+2. The summed E-state index contributed by atoms with van der Waals surface area (Å²) in [6.45, 7) is 13.4. The van der Waals surface area contributed by atoms with Crippen molar-refractivity contribution in [1.29, 1.82) is 0 Å². The zero-order chi connectivity index (χ0) is 18.8. The SMILES string of the molecule is C[C@@H]1C[NH+](Cc2cc(O)c(C[NH+]3C[C@@H](C)O[C@@H](C)C3)cc2O)C[C@@H](C)O1. The summed E-state index contributed by atoms with van der Waals surface area (Å²) < 4.78 is 11.6. The molecule has 3 rings (SSSR count). The topological polar surface area (TPSA) is 67.8 Å². The van der Waals surface area contributed by atoms with Crippen LogP contribution < -0.4 is 9.80 Å². The summed E-state index contributed by atoms with van der Waals surface area (Å²) >= 11 is 0. The van der Waals surface area contributed by atoms with Gasteiger partial charge in [0.15, 0.2) is 0 Å². The van der Waals surface area contributed by atoms with Crippen molar-refractivity contribution in [3.8, 4) is 11.5 Å². The molecule has 2 aliphatic heterocycles. The lowest BCUT2D eigenvalue weighted by Gasteiger charge is -2.33. The lowest BCUT2D eigenvalue weighted by atomic mass is 10.1. The highest BCUT2D eigenvalue weighted by Gasteiger charge is 2.28. The van der Waals surface area contributed by atoms with E-state index in [0.29, 0.717) is 13.1 Å². The molecule has 4 N–H and O–H groups in total. The number of rotatable bonds is 4. The molecule has 0 spiro atoms. The van der Waals surface area contributed by atoms with Crippen LogP contribution in [0, 0.1) is 0 Å². The van der Waals surface area contributed by atoms with Crippen LogP contribution >= 0.6 is 0 Å². The average Bonchev–Trinajstić information content (AvgIpc) is 2.50. The Bertz CT molecular complexity index is 550. The normalized spacial score (nSPS) is 35.4. The monoisotopic (exact) mass is 366 g/mol. The number of hydrogen-bond donors (Lipinski definition) is 4. The van der Waals surface area contributed by atoms with Crippen LogP contribution in [0.4, 0.5) is 0 Å². The molecule has 26 heavy (non-hydrogen) atoms.